The van der Waals surface area contributed by atoms with E-state index in [1.54, 1.807) is 88.0 Å². The Morgan fingerprint density at radius 1 is 0.604 bits per heavy atom. The van der Waals surface area contributed by atoms with Gasteiger partial charge in [0.15, 0.2) is 15.4 Å². The molecule has 0 aliphatic carbocycles. The van der Waals surface area contributed by atoms with E-state index in [9.17, 15) is 58.3 Å². The van der Waals surface area contributed by atoms with Crippen molar-refractivity contribution in [1.29, 1.82) is 0 Å². The van der Waals surface area contributed by atoms with Crippen LogP contribution >= 0.6 is 118 Å². The van der Waals surface area contributed by atoms with Crippen LogP contribution in [0.2, 0.25) is 25.1 Å². The Balaban J connectivity index is 0.000000221. The van der Waals surface area contributed by atoms with Crippen molar-refractivity contribution < 1.29 is 53.4 Å². The molecule has 8 aromatic carbocycles. The van der Waals surface area contributed by atoms with Crippen molar-refractivity contribution in [2.45, 2.75) is 83.7 Å². The fourth-order valence-corrected chi connectivity index (χ4v) is 11.1. The van der Waals surface area contributed by atoms with E-state index in [-0.39, 0.29) is 65.1 Å². The SMILES string of the molecule is CC(C)Oc1ccc(Nc2nc(=O)c3cc(C(F)(F)F)ccc3n2Cc2ccc(Cl)cc2)cc1Cl.CCSC(=NCc1ccc(Cl)cc1)NC(=O)c1cc(C(F)(F)F)ccc1F.CCSc1nc(=O)c2cc(C(F)(F)F)ccc2n1Cc1ccc(Cl)cc1.I.NC(=S)NCc1ccc(Cl)cc1. The van der Waals surface area contributed by atoms with Crippen molar-refractivity contribution in [3.05, 3.63) is 266 Å². The summed E-state index contributed by atoms with van der Waals surface area (Å²) >= 11 is 36.9. The van der Waals surface area contributed by atoms with E-state index in [1.165, 1.54) is 35.7 Å². The van der Waals surface area contributed by atoms with Gasteiger partial charge in [-0.25, -0.2) is 4.39 Å². The lowest BCUT2D eigenvalue weighted by atomic mass is 10.1. The summed E-state index contributed by atoms with van der Waals surface area (Å²) in [4.78, 5) is 49.6. The van der Waals surface area contributed by atoms with E-state index in [2.05, 4.69) is 43.1 Å². The minimum absolute atomic E-state index is 0. The van der Waals surface area contributed by atoms with Crippen LogP contribution in [0, 0.1) is 5.82 Å². The minimum Gasteiger partial charge on any atom is -0.489 e. The molecule has 0 atom stereocenters. The van der Waals surface area contributed by atoms with Crippen LogP contribution in [-0.4, -0.2) is 52.9 Å². The van der Waals surface area contributed by atoms with Crippen LogP contribution in [0.15, 0.2) is 190 Å². The predicted octanol–water partition coefficient (Wildman–Crippen LogP) is 20.4. The Kier molecular flexibility index (Phi) is 30.8. The summed E-state index contributed by atoms with van der Waals surface area (Å²) in [6.45, 7) is 8.95. The average molecular weight is 1670 g/mol. The number of thiocarbonyl (C=S) groups is 1. The molecule has 2 heterocycles. The number of hydrogen-bond donors (Lipinski definition) is 4. The first kappa shape index (κ1) is 82.6. The normalized spacial score (nSPS) is 11.5. The second kappa shape index (κ2) is 37.7. The first-order valence-corrected chi connectivity index (χ1v) is 33.9. The number of carbonyl (C=O) groups excluding carboxylic acids is 1. The number of nitrogens with two attached hydrogens (primary N) is 1. The summed E-state index contributed by atoms with van der Waals surface area (Å²) < 4.78 is 140. The number of anilines is 2. The molecule has 10 rings (SSSR count). The maximum Gasteiger partial charge on any atom is 0.416 e. The Hall–Kier alpha value is -7.35. The van der Waals surface area contributed by atoms with E-state index >= 15 is 0 Å². The molecule has 0 saturated carbocycles. The number of aliphatic imine (C=N–C) groups is 1. The highest BCUT2D eigenvalue weighted by Gasteiger charge is 2.34. The number of nitrogens with zero attached hydrogens (tertiary/aromatic N) is 5. The van der Waals surface area contributed by atoms with E-state index in [0.29, 0.717) is 95.6 Å². The van der Waals surface area contributed by atoms with Gasteiger partial charge in [0.05, 0.1) is 74.8 Å². The number of alkyl halides is 9. The smallest absolute Gasteiger partial charge is 0.416 e. The third-order valence-electron chi connectivity index (χ3n) is 13.7. The minimum atomic E-state index is -4.67. The molecule has 0 radical (unpaired) electrons. The highest BCUT2D eigenvalue weighted by atomic mass is 127. The molecular formula is C69H59Cl5F10IN9O4S3. The van der Waals surface area contributed by atoms with Crippen LogP contribution in [0.4, 0.5) is 55.5 Å². The first-order chi connectivity index (χ1) is 47.2. The average Bonchev–Trinajstić information content (AvgIpc) is 0.774. The standard InChI is InChI=1S/C25H20Cl2F3N3O2.C18H15ClF4N2OS.C18H14ClF3N2OS.C8H9ClN2S.HI/c1-14(2)35-22-10-8-18(12-20(22)27)31-24-32-23(34)19-11-16(25(28,29)30)5-9-21(19)33(24)13-15-3-6-17(26)7-4-15;1-2-27-17(24-10-11-3-6-13(19)7-4-11)25-16(26)14-9-12(18(21,22)23)5-8-15(14)20;1-2-26-17-23-16(25)14-9-12(18(20,21)22)5-8-15(14)24(17)10-11-3-6-13(19)7-4-11;9-7-3-1-6(2-4-7)5-11-8(10)12;/h3-12,14H,13H2,1-2H3,(H,31,32,34);3-9H,2,10H2,1H3,(H,24,25,26);3-9H,2,10H2,1H3;1-4H,5H2,(H3,10,11,12);1H. The zero-order valence-corrected chi connectivity index (χ0v) is 61.8. The van der Waals surface area contributed by atoms with Gasteiger partial charge in [-0.05, 0) is 181 Å². The number of halogens is 16. The third-order valence-corrected chi connectivity index (χ3v) is 16.8. The number of thioether (sulfide) groups is 2. The number of ether oxygens (including phenoxy) is 1. The number of nitrogens with one attached hydrogen (secondary N) is 3. The molecule has 101 heavy (non-hydrogen) atoms. The summed E-state index contributed by atoms with van der Waals surface area (Å²) in [7, 11) is 0. The zero-order valence-electron chi connectivity index (χ0n) is 53.2. The van der Waals surface area contributed by atoms with Crippen LogP contribution < -0.4 is 37.5 Å². The molecule has 0 saturated heterocycles. The number of aromatic nitrogens is 4. The fourth-order valence-electron chi connectivity index (χ4n) is 8.97. The van der Waals surface area contributed by atoms with Crippen LogP contribution in [-0.2, 0) is 44.7 Å². The lowest BCUT2D eigenvalue weighted by Crippen LogP contribution is -2.30. The lowest BCUT2D eigenvalue weighted by Gasteiger charge is -2.19. The molecule has 1 amide bonds. The quantitative estimate of drug-likeness (QED) is 0.0138. The van der Waals surface area contributed by atoms with Gasteiger partial charge in [0.25, 0.3) is 17.0 Å². The topological polar surface area (TPSA) is 171 Å². The summed E-state index contributed by atoms with van der Waals surface area (Å²) in [6, 6.07) is 41.5. The van der Waals surface area contributed by atoms with Crippen LogP contribution in [0.25, 0.3) is 21.8 Å². The monoisotopic (exact) mass is 1670 g/mol. The molecule has 534 valence electrons. The molecule has 13 nitrogen and oxygen atoms in total. The Labute approximate surface area is 628 Å². The van der Waals surface area contributed by atoms with Crippen molar-refractivity contribution in [3.63, 3.8) is 0 Å². The molecule has 0 fully saturated rings. The van der Waals surface area contributed by atoms with Gasteiger partial charge in [-0.1, -0.05) is 144 Å². The summed E-state index contributed by atoms with van der Waals surface area (Å²) in [5.74, 6) is -0.152. The Morgan fingerprint density at radius 3 is 1.52 bits per heavy atom. The summed E-state index contributed by atoms with van der Waals surface area (Å²) in [5.41, 5.74) is 5.12. The van der Waals surface area contributed by atoms with Gasteiger partial charge < -0.3 is 35.6 Å². The van der Waals surface area contributed by atoms with E-state index in [0.717, 1.165) is 51.5 Å². The highest BCUT2D eigenvalue weighted by Crippen LogP contribution is 2.36. The molecule has 5 N–H and O–H groups in total. The van der Waals surface area contributed by atoms with E-state index in [4.69, 9.17) is 68.5 Å². The molecular weight excluding hydrogens is 1610 g/mol. The van der Waals surface area contributed by atoms with Gasteiger partial charge in [0.2, 0.25) is 5.95 Å². The number of carbonyl (C=O) groups is 1. The molecule has 0 aliphatic rings. The van der Waals surface area contributed by atoms with Crippen molar-refractivity contribution >= 4 is 167 Å². The number of amides is 1. The predicted molar refractivity (Wildman–Crippen MR) is 400 cm³/mol. The van der Waals surface area contributed by atoms with Gasteiger partial charge in [-0.3, -0.25) is 19.4 Å². The molecule has 0 unspecified atom stereocenters. The molecule has 0 spiro atoms. The van der Waals surface area contributed by atoms with Gasteiger partial charge in [0.1, 0.15) is 11.6 Å². The largest absolute Gasteiger partial charge is 0.489 e. The van der Waals surface area contributed by atoms with Crippen LogP contribution in [0.5, 0.6) is 5.75 Å². The molecule has 0 aliphatic heterocycles. The molecule has 32 heteroatoms. The van der Waals surface area contributed by atoms with Crippen LogP contribution in [0.3, 0.4) is 0 Å². The van der Waals surface area contributed by atoms with Gasteiger partial charge in [0, 0.05) is 32.3 Å². The van der Waals surface area contributed by atoms with Crippen LogP contribution in [0.1, 0.15) is 77.0 Å². The molecule has 10 aromatic rings. The third kappa shape index (κ3) is 25.0. The summed E-state index contributed by atoms with van der Waals surface area (Å²) in [5, 5.41) is 11.9. The fraction of sp³-hybridized carbons (Fsp3) is 0.203. The Morgan fingerprint density at radius 2 is 1.06 bits per heavy atom. The number of amidine groups is 1. The van der Waals surface area contributed by atoms with Crippen molar-refractivity contribution in [3.8, 4) is 5.75 Å². The molecule has 0 bridgehead atoms. The van der Waals surface area contributed by atoms with Gasteiger partial charge in [-0.2, -0.15) is 49.5 Å². The van der Waals surface area contributed by atoms with Crippen molar-refractivity contribution in [1.82, 2.24) is 29.7 Å². The van der Waals surface area contributed by atoms with Gasteiger partial charge >= 0.3 is 18.5 Å². The summed E-state index contributed by atoms with van der Waals surface area (Å²) in [6.07, 6.45) is -13.8. The zero-order chi connectivity index (χ0) is 73.2. The number of fused-ring (bicyclic) bond motifs is 2. The first-order valence-electron chi connectivity index (χ1n) is 29.7. The number of benzene rings is 8. The number of hydrogen-bond acceptors (Lipinski definition) is 11. The highest BCUT2D eigenvalue weighted by molar-refractivity contribution is 14.0. The second-order valence-electron chi connectivity index (χ2n) is 21.4. The van der Waals surface area contributed by atoms with Crippen molar-refractivity contribution in [2.75, 3.05) is 16.8 Å². The van der Waals surface area contributed by atoms with E-state index < -0.39 is 63.6 Å². The maximum absolute atomic E-state index is 13.8. The number of rotatable bonds is 16. The lowest BCUT2D eigenvalue weighted by molar-refractivity contribution is -0.138. The van der Waals surface area contributed by atoms with Gasteiger partial charge in [-0.15, -0.1) is 24.0 Å². The Bertz CT molecular complexity index is 4660. The second-order valence-corrected chi connectivity index (χ2v) is 26.4. The maximum atomic E-state index is 13.8. The molecule has 2 aromatic heterocycles. The van der Waals surface area contributed by atoms with Crippen molar-refractivity contribution in [2.24, 2.45) is 10.7 Å². The van der Waals surface area contributed by atoms with E-state index in [1.807, 2.05) is 64.1 Å².